The van der Waals surface area contributed by atoms with Crippen LogP contribution in [-0.2, 0) is 4.79 Å². The van der Waals surface area contributed by atoms with Gasteiger partial charge in [0.25, 0.3) is 5.91 Å². The molecule has 0 spiro atoms. The van der Waals surface area contributed by atoms with Crippen molar-refractivity contribution in [3.05, 3.63) is 29.8 Å². The van der Waals surface area contributed by atoms with Crippen LogP contribution in [0.25, 0.3) is 0 Å². The molecule has 1 aromatic rings. The Morgan fingerprint density at radius 1 is 1.10 bits per heavy atom. The van der Waals surface area contributed by atoms with Gasteiger partial charge >= 0.3 is 0 Å². The smallest absolute Gasteiger partial charge is 0.260 e. The Balaban J connectivity index is 1.84. The molecule has 4 heteroatoms. The molecule has 0 aliphatic carbocycles. The van der Waals surface area contributed by atoms with Gasteiger partial charge in [-0.05, 0) is 43.5 Å². The van der Waals surface area contributed by atoms with Crippen LogP contribution in [0.4, 0.5) is 0 Å². The van der Waals surface area contributed by atoms with Crippen LogP contribution in [0.3, 0.4) is 0 Å². The van der Waals surface area contributed by atoms with Crippen LogP contribution in [0.1, 0.15) is 43.0 Å². The highest BCUT2D eigenvalue weighted by Crippen LogP contribution is 2.14. The first kappa shape index (κ1) is 14.6. The molecule has 0 atom stereocenters. The van der Waals surface area contributed by atoms with Crippen LogP contribution in [0.15, 0.2) is 24.3 Å². The number of hydrogen-bond donors (Lipinski definition) is 0. The molecule has 1 aromatic carbocycles. The van der Waals surface area contributed by atoms with Gasteiger partial charge in [0.1, 0.15) is 5.75 Å². The Labute approximate surface area is 119 Å². The minimum atomic E-state index is 0.0402. The van der Waals surface area contributed by atoms with Crippen molar-refractivity contribution in [1.29, 1.82) is 0 Å². The van der Waals surface area contributed by atoms with Gasteiger partial charge in [0, 0.05) is 25.1 Å². The van der Waals surface area contributed by atoms with Crippen molar-refractivity contribution in [2.75, 3.05) is 19.7 Å². The first-order valence-electron chi connectivity index (χ1n) is 7.24. The summed E-state index contributed by atoms with van der Waals surface area (Å²) < 4.78 is 5.49. The van der Waals surface area contributed by atoms with E-state index in [4.69, 9.17) is 4.74 Å². The molecule has 1 aliphatic heterocycles. The number of carbonyl (C=O) groups excluding carboxylic acids is 2. The number of carbonyl (C=O) groups is 2. The lowest BCUT2D eigenvalue weighted by molar-refractivity contribution is -0.134. The lowest BCUT2D eigenvalue weighted by atomic mass is 10.1. The molecule has 1 heterocycles. The van der Waals surface area contributed by atoms with Crippen molar-refractivity contribution >= 4 is 11.7 Å². The first-order valence-corrected chi connectivity index (χ1v) is 7.24. The summed E-state index contributed by atoms with van der Waals surface area (Å²) in [4.78, 5) is 25.3. The maximum atomic E-state index is 11.9. The number of ether oxygens (including phenoxy) is 1. The van der Waals surface area contributed by atoms with Gasteiger partial charge in [0.05, 0.1) is 0 Å². The van der Waals surface area contributed by atoms with Gasteiger partial charge in [-0.1, -0.05) is 6.92 Å². The third-order valence-electron chi connectivity index (χ3n) is 3.57. The molecule has 20 heavy (non-hydrogen) atoms. The largest absolute Gasteiger partial charge is 0.484 e. The molecule has 0 unspecified atom stereocenters. The summed E-state index contributed by atoms with van der Waals surface area (Å²) in [6.07, 6.45) is 3.87. The van der Waals surface area contributed by atoms with E-state index >= 15 is 0 Å². The van der Waals surface area contributed by atoms with E-state index in [9.17, 15) is 9.59 Å². The minimum Gasteiger partial charge on any atom is -0.484 e. The SMILES string of the molecule is CCC(=O)c1ccc(OCC(=O)N2CCCCC2)cc1. The van der Waals surface area contributed by atoms with E-state index in [2.05, 4.69) is 0 Å². The van der Waals surface area contributed by atoms with Crippen LogP contribution < -0.4 is 4.74 Å². The highest BCUT2D eigenvalue weighted by atomic mass is 16.5. The molecule has 0 N–H and O–H groups in total. The summed E-state index contributed by atoms with van der Waals surface area (Å²) in [5.41, 5.74) is 0.683. The third-order valence-corrected chi connectivity index (χ3v) is 3.57. The van der Waals surface area contributed by atoms with Crippen molar-refractivity contribution in [3.63, 3.8) is 0 Å². The van der Waals surface area contributed by atoms with Gasteiger partial charge in [-0.2, -0.15) is 0 Å². The van der Waals surface area contributed by atoms with Crippen LogP contribution >= 0.6 is 0 Å². The van der Waals surface area contributed by atoms with Gasteiger partial charge in [-0.3, -0.25) is 9.59 Å². The molecule has 0 saturated carbocycles. The molecule has 0 aromatic heterocycles. The molecule has 1 fully saturated rings. The van der Waals surface area contributed by atoms with Crippen LogP contribution in [-0.4, -0.2) is 36.3 Å². The van der Waals surface area contributed by atoms with Crippen molar-refractivity contribution in [2.24, 2.45) is 0 Å². The standard InChI is InChI=1S/C16H21NO3/c1-2-15(18)13-6-8-14(9-7-13)20-12-16(19)17-10-4-3-5-11-17/h6-9H,2-5,10-12H2,1H3. The number of ketones is 1. The third kappa shape index (κ3) is 3.83. The predicted octanol–water partition coefficient (Wildman–Crippen LogP) is 2.67. The Morgan fingerprint density at radius 3 is 2.35 bits per heavy atom. The topological polar surface area (TPSA) is 46.6 Å². The highest BCUT2D eigenvalue weighted by Gasteiger charge is 2.16. The number of piperidine rings is 1. The predicted molar refractivity (Wildman–Crippen MR) is 77.0 cm³/mol. The molecule has 2 rings (SSSR count). The van der Waals surface area contributed by atoms with Gasteiger partial charge in [0.2, 0.25) is 0 Å². The second kappa shape index (κ2) is 7.08. The maximum absolute atomic E-state index is 11.9. The fourth-order valence-corrected chi connectivity index (χ4v) is 2.32. The monoisotopic (exact) mass is 275 g/mol. The van der Waals surface area contributed by atoms with E-state index in [-0.39, 0.29) is 18.3 Å². The highest BCUT2D eigenvalue weighted by molar-refractivity contribution is 5.95. The average Bonchev–Trinajstić information content (AvgIpc) is 2.53. The van der Waals surface area contributed by atoms with E-state index in [1.165, 1.54) is 6.42 Å². The van der Waals surface area contributed by atoms with Gasteiger partial charge in [-0.25, -0.2) is 0 Å². The quantitative estimate of drug-likeness (QED) is 0.776. The van der Waals surface area contributed by atoms with E-state index in [0.717, 1.165) is 25.9 Å². The molecule has 0 bridgehead atoms. The zero-order chi connectivity index (χ0) is 14.4. The number of benzene rings is 1. The summed E-state index contributed by atoms with van der Waals surface area (Å²) in [6.45, 7) is 3.59. The molecule has 0 radical (unpaired) electrons. The van der Waals surface area contributed by atoms with Gasteiger partial charge < -0.3 is 9.64 Å². The number of Topliss-reactive ketones (excluding diaryl/α,β-unsaturated/α-hetero) is 1. The van der Waals surface area contributed by atoms with Crippen LogP contribution in [0.5, 0.6) is 5.75 Å². The molecule has 1 aliphatic rings. The zero-order valence-corrected chi connectivity index (χ0v) is 11.9. The van der Waals surface area contributed by atoms with E-state index in [0.29, 0.717) is 17.7 Å². The first-order chi connectivity index (χ1) is 9.70. The molecule has 108 valence electrons. The fourth-order valence-electron chi connectivity index (χ4n) is 2.32. The maximum Gasteiger partial charge on any atom is 0.260 e. The molecular weight excluding hydrogens is 254 g/mol. The summed E-state index contributed by atoms with van der Waals surface area (Å²) in [5, 5.41) is 0. The zero-order valence-electron chi connectivity index (χ0n) is 11.9. The van der Waals surface area contributed by atoms with Crippen LogP contribution in [0, 0.1) is 0 Å². The van der Waals surface area contributed by atoms with E-state index in [1.807, 2.05) is 11.8 Å². The number of amides is 1. The second-order valence-electron chi connectivity index (χ2n) is 5.03. The summed E-state index contributed by atoms with van der Waals surface area (Å²) in [7, 11) is 0. The van der Waals surface area contributed by atoms with Crippen LogP contribution in [0.2, 0.25) is 0 Å². The van der Waals surface area contributed by atoms with E-state index < -0.39 is 0 Å². The lowest BCUT2D eigenvalue weighted by Gasteiger charge is -2.26. The molecular formula is C16H21NO3. The lowest BCUT2D eigenvalue weighted by Crippen LogP contribution is -2.38. The number of hydrogen-bond acceptors (Lipinski definition) is 3. The Kier molecular flexibility index (Phi) is 5.16. The summed E-state index contributed by atoms with van der Waals surface area (Å²) in [5.74, 6) is 0.780. The summed E-state index contributed by atoms with van der Waals surface area (Å²) >= 11 is 0. The Bertz CT molecular complexity index is 461. The Hall–Kier alpha value is -1.84. The van der Waals surface area contributed by atoms with Crippen molar-refractivity contribution in [2.45, 2.75) is 32.6 Å². The minimum absolute atomic E-state index is 0.0402. The van der Waals surface area contributed by atoms with Crippen molar-refractivity contribution in [3.8, 4) is 5.75 Å². The second-order valence-corrected chi connectivity index (χ2v) is 5.03. The average molecular weight is 275 g/mol. The summed E-state index contributed by atoms with van der Waals surface area (Å²) in [6, 6.07) is 6.97. The fraction of sp³-hybridized carbons (Fsp3) is 0.500. The van der Waals surface area contributed by atoms with Crippen molar-refractivity contribution < 1.29 is 14.3 Å². The number of likely N-dealkylation sites (tertiary alicyclic amines) is 1. The molecule has 4 nitrogen and oxygen atoms in total. The number of nitrogens with zero attached hydrogens (tertiary/aromatic N) is 1. The molecule has 1 amide bonds. The van der Waals surface area contributed by atoms with Gasteiger partial charge in [-0.15, -0.1) is 0 Å². The number of rotatable bonds is 5. The normalized spacial score (nSPS) is 14.9. The van der Waals surface area contributed by atoms with E-state index in [1.54, 1.807) is 24.3 Å². The molecule has 1 saturated heterocycles. The Morgan fingerprint density at radius 2 is 1.75 bits per heavy atom. The van der Waals surface area contributed by atoms with Crippen molar-refractivity contribution in [1.82, 2.24) is 4.90 Å². The van der Waals surface area contributed by atoms with Gasteiger partial charge in [0.15, 0.2) is 12.4 Å².